The Hall–Kier alpha value is -2.11. The molecule has 3 unspecified atom stereocenters. The molecule has 6 aliphatic rings. The molecule has 1 amide bonds. The predicted molar refractivity (Wildman–Crippen MR) is 85.6 cm³/mol. The van der Waals surface area contributed by atoms with Crippen molar-refractivity contribution in [3.63, 3.8) is 0 Å². The van der Waals surface area contributed by atoms with Crippen LogP contribution in [0.1, 0.15) is 19.3 Å². The Morgan fingerprint density at radius 3 is 2.91 bits per heavy atom. The van der Waals surface area contributed by atoms with Crippen molar-refractivity contribution in [2.24, 2.45) is 11.8 Å². The van der Waals surface area contributed by atoms with E-state index in [0.29, 0.717) is 0 Å². The maximum atomic E-state index is 13.4. The Kier molecular flexibility index (Phi) is 2.46. The number of carbonyl (C=O) groups is 1. The lowest BCUT2D eigenvalue weighted by atomic mass is 9.79. The molecule has 0 aromatic heterocycles. The van der Waals surface area contributed by atoms with Gasteiger partial charge in [0, 0.05) is 5.92 Å². The molecule has 3 fully saturated rings. The Bertz CT molecular complexity index is 735. The van der Waals surface area contributed by atoms with E-state index in [1.54, 1.807) is 0 Å². The lowest BCUT2D eigenvalue weighted by Crippen LogP contribution is -2.72. The van der Waals surface area contributed by atoms with Gasteiger partial charge in [0.2, 0.25) is 0 Å². The second kappa shape index (κ2) is 4.24. The van der Waals surface area contributed by atoms with Crippen LogP contribution in [0.15, 0.2) is 60.4 Å². The van der Waals surface area contributed by atoms with Gasteiger partial charge in [-0.2, -0.15) is 0 Å². The summed E-state index contributed by atoms with van der Waals surface area (Å²) >= 11 is 0. The number of fused-ring (bicyclic) bond motifs is 2. The average Bonchev–Trinajstić information content (AvgIpc) is 3.17. The summed E-state index contributed by atoms with van der Waals surface area (Å²) in [6, 6.07) is -0.117. The number of rotatable bonds is 2. The summed E-state index contributed by atoms with van der Waals surface area (Å²) in [7, 11) is 0. The Labute approximate surface area is 135 Å². The number of amides is 1. The number of nitrogens with one attached hydrogen (secondary N) is 1. The summed E-state index contributed by atoms with van der Waals surface area (Å²) in [5.74, 6) is 0.320. The van der Waals surface area contributed by atoms with E-state index in [0.717, 1.165) is 25.0 Å². The zero-order valence-corrected chi connectivity index (χ0v) is 12.8. The number of hydrogen-bond donors (Lipinski definition) is 1. The zero-order valence-electron chi connectivity index (χ0n) is 12.8. The van der Waals surface area contributed by atoms with E-state index in [9.17, 15) is 10.0 Å². The standard InChI is InChI=1S/C18H19N3O2/c22-17-18-14-8-6-7-13(11-12-14)16(18)21(18,23)20(17)19-15-9-4-2-1-3-5-10-15/h1-5,9-14,16,19H,6-8H2/b2-1-,3-1?,4-2?,5-3-,9-4-,10-5?,15-9?,15-10+/t13?,14?,16-,18-,21?/m0/s1. The fourth-order valence-electron chi connectivity index (χ4n) is 5.00. The van der Waals surface area contributed by atoms with E-state index in [1.807, 2.05) is 42.5 Å². The third-order valence-corrected chi connectivity index (χ3v) is 5.97. The molecule has 0 aromatic carbocycles. The van der Waals surface area contributed by atoms with Crippen molar-refractivity contribution in [1.82, 2.24) is 10.5 Å². The maximum Gasteiger partial charge on any atom is 0.362 e. The van der Waals surface area contributed by atoms with E-state index >= 15 is 0 Å². The third kappa shape index (κ3) is 1.38. The van der Waals surface area contributed by atoms with Gasteiger partial charge in [0.25, 0.3) is 5.54 Å². The quantitative estimate of drug-likeness (QED) is 0.368. The van der Waals surface area contributed by atoms with Crippen LogP contribution in [0.25, 0.3) is 0 Å². The van der Waals surface area contributed by atoms with E-state index in [2.05, 4.69) is 17.6 Å². The summed E-state index contributed by atoms with van der Waals surface area (Å²) in [5, 5.41) is 14.7. The van der Waals surface area contributed by atoms with Gasteiger partial charge in [-0.15, -0.1) is 0 Å². The first-order valence-corrected chi connectivity index (χ1v) is 8.32. The predicted octanol–water partition coefficient (Wildman–Crippen LogP) is 2.24. The van der Waals surface area contributed by atoms with Gasteiger partial charge in [0.05, 0.1) is 11.6 Å². The number of allylic oxidation sites excluding steroid dienone is 7. The van der Waals surface area contributed by atoms with Gasteiger partial charge in [-0.05, 0) is 25.0 Å². The molecular formula is C18H19N3O2. The minimum Gasteiger partial charge on any atom is -0.603 e. The van der Waals surface area contributed by atoms with Crippen molar-refractivity contribution in [2.45, 2.75) is 30.8 Å². The van der Waals surface area contributed by atoms with Crippen LogP contribution >= 0.6 is 0 Å². The molecule has 5 heteroatoms. The summed E-state index contributed by atoms with van der Waals surface area (Å²) in [6.45, 7) is 0. The molecule has 6 rings (SSSR count). The normalized spacial score (nSPS) is 51.9. The Morgan fingerprint density at radius 2 is 2.00 bits per heavy atom. The smallest absolute Gasteiger partial charge is 0.362 e. The zero-order chi connectivity index (χ0) is 15.7. The van der Waals surface area contributed by atoms with E-state index in [4.69, 9.17) is 0 Å². The van der Waals surface area contributed by atoms with Crippen molar-refractivity contribution in [1.29, 1.82) is 0 Å². The molecule has 1 spiro atoms. The molecule has 0 radical (unpaired) electrons. The summed E-state index contributed by atoms with van der Waals surface area (Å²) in [6.07, 6.45) is 20.7. The number of quaternary nitrogens is 1. The summed E-state index contributed by atoms with van der Waals surface area (Å²) < 4.78 is -0.501. The lowest BCUT2D eigenvalue weighted by Gasteiger charge is -2.47. The van der Waals surface area contributed by atoms with Crippen LogP contribution in [-0.2, 0) is 4.79 Å². The van der Waals surface area contributed by atoms with Crippen molar-refractivity contribution < 1.29 is 9.55 Å². The van der Waals surface area contributed by atoms with Gasteiger partial charge in [-0.25, -0.2) is 4.76 Å². The second-order valence-corrected chi connectivity index (χ2v) is 6.96. The molecule has 1 saturated carbocycles. The highest BCUT2D eigenvalue weighted by atomic mass is 16.7. The molecule has 0 aromatic rings. The van der Waals surface area contributed by atoms with Crippen LogP contribution in [0.2, 0.25) is 0 Å². The van der Waals surface area contributed by atoms with Gasteiger partial charge < -0.3 is 5.21 Å². The first kappa shape index (κ1) is 13.3. The molecule has 118 valence electrons. The van der Waals surface area contributed by atoms with Crippen LogP contribution in [-0.4, -0.2) is 27.4 Å². The number of nitrogens with zero attached hydrogens (tertiary/aromatic N) is 2. The third-order valence-electron chi connectivity index (χ3n) is 5.97. The highest BCUT2D eigenvalue weighted by Crippen LogP contribution is 2.71. The second-order valence-electron chi connectivity index (χ2n) is 6.96. The van der Waals surface area contributed by atoms with E-state index in [1.165, 1.54) is 5.12 Å². The largest absolute Gasteiger partial charge is 0.603 e. The highest BCUT2D eigenvalue weighted by molar-refractivity contribution is 5.94. The van der Waals surface area contributed by atoms with Crippen LogP contribution in [0.5, 0.6) is 0 Å². The summed E-state index contributed by atoms with van der Waals surface area (Å²) in [5.41, 5.74) is 3.09. The van der Waals surface area contributed by atoms with Crippen LogP contribution in [0.3, 0.4) is 0 Å². The van der Waals surface area contributed by atoms with Gasteiger partial charge in [0.15, 0.2) is 6.04 Å². The van der Waals surface area contributed by atoms with Crippen LogP contribution < -0.4 is 5.43 Å². The van der Waals surface area contributed by atoms with E-state index in [-0.39, 0.29) is 23.8 Å². The number of hydrazine groups is 1. The molecule has 4 aliphatic carbocycles. The lowest BCUT2D eigenvalue weighted by molar-refractivity contribution is -0.936. The topological polar surface area (TPSA) is 55.4 Å². The molecular weight excluding hydrogens is 290 g/mol. The highest BCUT2D eigenvalue weighted by Gasteiger charge is 2.97. The Balaban J connectivity index is 1.45. The molecule has 2 heterocycles. The average molecular weight is 309 g/mol. The fourth-order valence-corrected chi connectivity index (χ4v) is 5.00. The summed E-state index contributed by atoms with van der Waals surface area (Å²) in [4.78, 5) is 12.9. The molecule has 2 saturated heterocycles. The van der Waals surface area contributed by atoms with Gasteiger partial charge in [-0.1, -0.05) is 54.1 Å². The van der Waals surface area contributed by atoms with Crippen molar-refractivity contribution in [2.75, 3.05) is 0 Å². The SMILES string of the molecule is O=C1N(NC2=C/C=C\C=C/C=C\2)[N+]2([O-])[C@H]3C4C=CC(CCC4)[C@@]132. The molecule has 1 N–H and O–H groups in total. The van der Waals surface area contributed by atoms with Crippen LogP contribution in [0, 0.1) is 17.0 Å². The molecule has 2 aliphatic heterocycles. The number of hydrogen-bond acceptors (Lipinski definition) is 3. The van der Waals surface area contributed by atoms with Gasteiger partial charge in [-0.3, -0.25) is 10.2 Å². The monoisotopic (exact) mass is 309 g/mol. The van der Waals surface area contributed by atoms with E-state index < -0.39 is 10.3 Å². The number of carbonyl (C=O) groups excluding carboxylic acids is 1. The first-order chi connectivity index (χ1) is 11.2. The maximum absolute atomic E-state index is 13.4. The van der Waals surface area contributed by atoms with Gasteiger partial charge in [0.1, 0.15) is 0 Å². The van der Waals surface area contributed by atoms with Crippen molar-refractivity contribution >= 4 is 5.91 Å². The van der Waals surface area contributed by atoms with Gasteiger partial charge >= 0.3 is 5.91 Å². The minimum atomic E-state index is -0.718. The molecule has 5 atom stereocenters. The van der Waals surface area contributed by atoms with Crippen LogP contribution in [0.4, 0.5) is 0 Å². The molecule has 2 bridgehead atoms. The minimum absolute atomic E-state index is 0.0327. The Morgan fingerprint density at radius 1 is 1.17 bits per heavy atom. The molecule has 23 heavy (non-hydrogen) atoms. The van der Waals surface area contributed by atoms with Crippen molar-refractivity contribution in [3.8, 4) is 0 Å². The van der Waals surface area contributed by atoms with Crippen molar-refractivity contribution in [3.05, 3.63) is 65.6 Å². The number of hydroxylamine groups is 2. The molecule has 5 nitrogen and oxygen atoms in total. The first-order valence-electron chi connectivity index (χ1n) is 8.32. The fraction of sp³-hybridized carbons (Fsp3) is 0.389.